The third-order valence-corrected chi connectivity index (χ3v) is 7.60. The van der Waals surface area contributed by atoms with E-state index in [4.69, 9.17) is 43.1 Å². The van der Waals surface area contributed by atoms with Crippen molar-refractivity contribution in [1.29, 1.82) is 5.26 Å². The lowest BCUT2D eigenvalue weighted by atomic mass is 9.83. The number of halogens is 2. The second-order valence-corrected chi connectivity index (χ2v) is 10.5. The molecule has 6 rings (SSSR count). The lowest BCUT2D eigenvalue weighted by molar-refractivity contribution is 0.0736. The molecular weight excluding hydrogens is 571 g/mol. The van der Waals surface area contributed by atoms with Gasteiger partial charge in [-0.1, -0.05) is 83.9 Å². The van der Waals surface area contributed by atoms with Gasteiger partial charge in [-0.25, -0.2) is 4.79 Å². The van der Waals surface area contributed by atoms with Gasteiger partial charge in [-0.05, 0) is 52.7 Å². The van der Waals surface area contributed by atoms with Gasteiger partial charge in [0.2, 0.25) is 5.88 Å². The summed E-state index contributed by atoms with van der Waals surface area (Å²) >= 11 is 12.3. The minimum atomic E-state index is -0.524. The molecule has 5 aromatic carbocycles. The SMILES string of the molecule is N#CC1=C(N)Oc2cc(OC(=O)c3cccc4ccccc34)ccc2C1c1cccc(OCc2ccc(Cl)cc2Cl)c1. The van der Waals surface area contributed by atoms with E-state index >= 15 is 0 Å². The Kier molecular flexibility index (Phi) is 7.45. The van der Waals surface area contributed by atoms with Gasteiger partial charge in [0, 0.05) is 27.2 Å². The van der Waals surface area contributed by atoms with Gasteiger partial charge in [-0.3, -0.25) is 0 Å². The van der Waals surface area contributed by atoms with Crippen LogP contribution < -0.4 is 19.9 Å². The van der Waals surface area contributed by atoms with Crippen molar-refractivity contribution in [2.45, 2.75) is 12.5 Å². The number of carbonyl (C=O) groups excluding carboxylic acids is 1. The minimum absolute atomic E-state index is 0.0215. The molecule has 6 nitrogen and oxygen atoms in total. The molecule has 0 spiro atoms. The van der Waals surface area contributed by atoms with E-state index in [1.54, 1.807) is 36.4 Å². The fourth-order valence-electron chi connectivity index (χ4n) is 4.99. The van der Waals surface area contributed by atoms with Crippen LogP contribution >= 0.6 is 23.2 Å². The van der Waals surface area contributed by atoms with Crippen LogP contribution in [-0.4, -0.2) is 5.97 Å². The van der Waals surface area contributed by atoms with Gasteiger partial charge in [0.1, 0.15) is 35.5 Å². The number of benzene rings is 5. The maximum atomic E-state index is 13.1. The number of ether oxygens (including phenoxy) is 3. The molecule has 0 bridgehead atoms. The summed E-state index contributed by atoms with van der Waals surface area (Å²) in [6.45, 7) is 0.234. The predicted octanol–water partition coefficient (Wildman–Crippen LogP) is 8.16. The number of nitriles is 1. The molecule has 8 heteroatoms. The standard InChI is InChI=1S/C34H22Cl2N2O4/c35-23-12-11-22(30(36)16-23)19-40-24-8-3-7-21(15-24)32-28-14-13-25(17-31(28)42-33(38)29(32)18-37)41-34(39)27-10-4-6-20-5-1-2-9-26(20)27/h1-17,32H,19,38H2. The van der Waals surface area contributed by atoms with E-state index in [0.29, 0.717) is 32.7 Å². The van der Waals surface area contributed by atoms with Crippen LogP contribution in [-0.2, 0) is 6.61 Å². The molecule has 2 N–H and O–H groups in total. The van der Waals surface area contributed by atoms with Crippen molar-refractivity contribution in [2.75, 3.05) is 0 Å². The van der Waals surface area contributed by atoms with Crippen molar-refractivity contribution in [2.24, 2.45) is 5.73 Å². The number of hydrogen-bond donors (Lipinski definition) is 1. The third-order valence-electron chi connectivity index (χ3n) is 7.01. The largest absolute Gasteiger partial charge is 0.489 e. The number of allylic oxidation sites excluding steroid dienone is 1. The summed E-state index contributed by atoms with van der Waals surface area (Å²) in [6, 6.07) is 33.0. The van der Waals surface area contributed by atoms with Crippen molar-refractivity contribution in [3.05, 3.63) is 147 Å². The Labute approximate surface area is 252 Å². The topological polar surface area (TPSA) is 94.6 Å². The molecule has 1 aliphatic rings. The van der Waals surface area contributed by atoms with Gasteiger partial charge < -0.3 is 19.9 Å². The highest BCUT2D eigenvalue weighted by atomic mass is 35.5. The lowest BCUT2D eigenvalue weighted by Crippen LogP contribution is -2.21. The summed E-state index contributed by atoms with van der Waals surface area (Å²) in [5.74, 6) is 0.222. The summed E-state index contributed by atoms with van der Waals surface area (Å²) in [4.78, 5) is 13.1. The zero-order valence-corrected chi connectivity index (χ0v) is 23.5. The first-order valence-electron chi connectivity index (χ1n) is 13.0. The maximum absolute atomic E-state index is 13.1. The van der Waals surface area contributed by atoms with Gasteiger partial charge in [0.15, 0.2) is 0 Å². The molecule has 0 aromatic heterocycles. The molecule has 0 saturated carbocycles. The fraction of sp³-hybridized carbons (Fsp3) is 0.0588. The third kappa shape index (κ3) is 5.36. The Balaban J connectivity index is 1.28. The van der Waals surface area contributed by atoms with Crippen LogP contribution in [0.3, 0.4) is 0 Å². The highest BCUT2D eigenvalue weighted by Gasteiger charge is 2.31. The van der Waals surface area contributed by atoms with Crippen LogP contribution in [0.1, 0.15) is 33.0 Å². The number of carbonyl (C=O) groups is 1. The highest BCUT2D eigenvalue weighted by molar-refractivity contribution is 6.35. The molecule has 0 fully saturated rings. The number of nitrogens with two attached hydrogens (primary N) is 1. The summed E-state index contributed by atoms with van der Waals surface area (Å²) in [7, 11) is 0. The minimum Gasteiger partial charge on any atom is -0.489 e. The average molecular weight is 593 g/mol. The maximum Gasteiger partial charge on any atom is 0.344 e. The highest BCUT2D eigenvalue weighted by Crippen LogP contribution is 2.44. The van der Waals surface area contributed by atoms with Gasteiger partial charge in [0.25, 0.3) is 0 Å². The molecule has 42 heavy (non-hydrogen) atoms. The lowest BCUT2D eigenvalue weighted by Gasteiger charge is -2.27. The molecule has 1 aliphatic heterocycles. The van der Waals surface area contributed by atoms with Crippen LogP contribution in [0.5, 0.6) is 17.2 Å². The van der Waals surface area contributed by atoms with Crippen LogP contribution in [0.25, 0.3) is 10.8 Å². The van der Waals surface area contributed by atoms with E-state index in [0.717, 1.165) is 21.9 Å². The monoisotopic (exact) mass is 592 g/mol. The summed E-state index contributed by atoms with van der Waals surface area (Å²) in [5, 5.41) is 12.8. The summed E-state index contributed by atoms with van der Waals surface area (Å²) in [6.07, 6.45) is 0. The van der Waals surface area contributed by atoms with Crippen molar-refractivity contribution in [3.8, 4) is 23.3 Å². The van der Waals surface area contributed by atoms with Crippen LogP contribution in [0, 0.1) is 11.3 Å². The van der Waals surface area contributed by atoms with Crippen LogP contribution in [0.2, 0.25) is 10.0 Å². The van der Waals surface area contributed by atoms with E-state index in [2.05, 4.69) is 6.07 Å². The molecule has 206 valence electrons. The molecule has 5 aromatic rings. The zero-order chi connectivity index (χ0) is 29.2. The van der Waals surface area contributed by atoms with E-state index in [1.807, 2.05) is 66.7 Å². The Morgan fingerprint density at radius 1 is 0.905 bits per heavy atom. The fourth-order valence-corrected chi connectivity index (χ4v) is 5.45. The van der Waals surface area contributed by atoms with Gasteiger partial charge in [0.05, 0.1) is 11.5 Å². The molecular formula is C34H22Cl2N2O4. The first kappa shape index (κ1) is 27.2. The zero-order valence-electron chi connectivity index (χ0n) is 22.0. The quantitative estimate of drug-likeness (QED) is 0.158. The van der Waals surface area contributed by atoms with Crippen LogP contribution in [0.15, 0.2) is 115 Å². The van der Waals surface area contributed by atoms with Crippen molar-refractivity contribution in [3.63, 3.8) is 0 Å². The number of fused-ring (bicyclic) bond motifs is 2. The van der Waals surface area contributed by atoms with Crippen LogP contribution in [0.4, 0.5) is 0 Å². The smallest absolute Gasteiger partial charge is 0.344 e. The number of rotatable bonds is 6. The van der Waals surface area contributed by atoms with Gasteiger partial charge >= 0.3 is 5.97 Å². The molecule has 0 radical (unpaired) electrons. The van der Waals surface area contributed by atoms with Crippen molar-refractivity contribution in [1.82, 2.24) is 0 Å². The summed E-state index contributed by atoms with van der Waals surface area (Å²) < 4.78 is 17.6. The van der Waals surface area contributed by atoms with Gasteiger partial charge in [-0.2, -0.15) is 5.26 Å². The van der Waals surface area contributed by atoms with E-state index in [-0.39, 0.29) is 23.8 Å². The second-order valence-electron chi connectivity index (χ2n) is 9.64. The van der Waals surface area contributed by atoms with Gasteiger partial charge in [-0.15, -0.1) is 0 Å². The molecule has 0 amide bonds. The number of hydrogen-bond acceptors (Lipinski definition) is 6. The van der Waals surface area contributed by atoms with E-state index in [9.17, 15) is 10.1 Å². The first-order chi connectivity index (χ1) is 20.4. The molecule has 0 saturated heterocycles. The number of nitrogens with zero attached hydrogens (tertiary/aromatic N) is 1. The Bertz CT molecular complexity index is 1920. The average Bonchev–Trinajstić information content (AvgIpc) is 2.99. The Hall–Kier alpha value is -4.96. The van der Waals surface area contributed by atoms with E-state index in [1.165, 1.54) is 0 Å². The molecule has 1 atom stereocenters. The first-order valence-corrected chi connectivity index (χ1v) is 13.7. The Morgan fingerprint density at radius 3 is 2.55 bits per heavy atom. The van der Waals surface area contributed by atoms with E-state index < -0.39 is 11.9 Å². The van der Waals surface area contributed by atoms with Crippen molar-refractivity contribution >= 4 is 39.9 Å². The Morgan fingerprint density at radius 2 is 1.71 bits per heavy atom. The normalized spacial score (nSPS) is 14.1. The molecule has 0 aliphatic carbocycles. The molecule has 1 heterocycles. The predicted molar refractivity (Wildman–Crippen MR) is 162 cm³/mol. The van der Waals surface area contributed by atoms with Crippen molar-refractivity contribution < 1.29 is 19.0 Å². The summed E-state index contributed by atoms with van der Waals surface area (Å²) in [5.41, 5.74) is 9.19. The second kappa shape index (κ2) is 11.5. The number of esters is 1. The molecule has 1 unspecified atom stereocenters.